The number of nitrogens with one attached hydrogen (secondary N) is 1. The summed E-state index contributed by atoms with van der Waals surface area (Å²) in [6.07, 6.45) is 1.78. The van der Waals surface area contributed by atoms with E-state index in [1.165, 1.54) is 12.1 Å². The molecule has 0 radical (unpaired) electrons. The zero-order valence-corrected chi connectivity index (χ0v) is 18.1. The molecule has 0 saturated carbocycles. The third-order valence-electron chi connectivity index (χ3n) is 5.01. The molecule has 0 fully saturated rings. The van der Waals surface area contributed by atoms with Gasteiger partial charge in [0.25, 0.3) is 5.91 Å². The highest BCUT2D eigenvalue weighted by Gasteiger charge is 2.16. The molecule has 1 amide bonds. The van der Waals surface area contributed by atoms with Gasteiger partial charge in [-0.05, 0) is 64.9 Å². The van der Waals surface area contributed by atoms with Gasteiger partial charge < -0.3 is 5.32 Å². The fourth-order valence-electron chi connectivity index (χ4n) is 3.28. The van der Waals surface area contributed by atoms with Crippen LogP contribution in [0.25, 0.3) is 16.9 Å². The second kappa shape index (κ2) is 9.05. The van der Waals surface area contributed by atoms with E-state index in [0.29, 0.717) is 17.1 Å². The lowest BCUT2D eigenvalue weighted by atomic mass is 10.0. The Labute approximate surface area is 185 Å². The van der Waals surface area contributed by atoms with E-state index in [2.05, 4.69) is 25.8 Å². The van der Waals surface area contributed by atoms with Crippen molar-refractivity contribution in [3.8, 4) is 16.9 Å². The molecule has 4 aromatic rings. The van der Waals surface area contributed by atoms with Crippen molar-refractivity contribution in [3.63, 3.8) is 0 Å². The first-order valence-corrected chi connectivity index (χ1v) is 10.3. The van der Waals surface area contributed by atoms with E-state index >= 15 is 0 Å². The van der Waals surface area contributed by atoms with Crippen LogP contribution in [0, 0.1) is 12.7 Å². The topological polar surface area (TPSA) is 85.6 Å². The molecule has 0 aliphatic rings. The highest BCUT2D eigenvalue weighted by Crippen LogP contribution is 2.25. The summed E-state index contributed by atoms with van der Waals surface area (Å²) in [5.41, 5.74) is 4.49. The maximum absolute atomic E-state index is 13.1. The summed E-state index contributed by atoms with van der Waals surface area (Å²) in [6.45, 7) is 6.26. The van der Waals surface area contributed by atoms with Crippen LogP contribution in [0.5, 0.6) is 0 Å². The first kappa shape index (κ1) is 21.3. The van der Waals surface area contributed by atoms with Crippen LogP contribution in [0.4, 0.5) is 4.39 Å². The van der Waals surface area contributed by atoms with Gasteiger partial charge in [-0.25, -0.2) is 4.39 Å². The van der Waals surface area contributed by atoms with Crippen LogP contribution >= 0.6 is 0 Å². The fourth-order valence-corrected chi connectivity index (χ4v) is 3.28. The van der Waals surface area contributed by atoms with Gasteiger partial charge in [-0.1, -0.05) is 32.0 Å². The average molecular weight is 430 g/mol. The summed E-state index contributed by atoms with van der Waals surface area (Å²) in [7, 11) is 0. The first-order chi connectivity index (χ1) is 15.4. The van der Waals surface area contributed by atoms with Crippen LogP contribution in [-0.4, -0.2) is 31.1 Å². The summed E-state index contributed by atoms with van der Waals surface area (Å²) in [5, 5.41) is 14.9. The van der Waals surface area contributed by atoms with Crippen LogP contribution < -0.4 is 5.32 Å². The van der Waals surface area contributed by atoms with Crippen molar-refractivity contribution in [2.45, 2.75) is 33.2 Å². The zero-order valence-electron chi connectivity index (χ0n) is 18.1. The number of hydrogen-bond acceptors (Lipinski definition) is 5. The lowest BCUT2D eigenvalue weighted by Gasteiger charge is -2.12. The van der Waals surface area contributed by atoms with Crippen molar-refractivity contribution in [3.05, 3.63) is 89.1 Å². The van der Waals surface area contributed by atoms with Crippen molar-refractivity contribution in [2.75, 3.05) is 0 Å². The largest absolute Gasteiger partial charge is 0.348 e. The minimum absolute atomic E-state index is 0.0990. The molecule has 7 nitrogen and oxygen atoms in total. The van der Waals surface area contributed by atoms with E-state index in [9.17, 15) is 9.18 Å². The van der Waals surface area contributed by atoms with Crippen LogP contribution in [0.15, 0.2) is 60.8 Å². The molecule has 0 aliphatic heterocycles. The molecule has 4 rings (SSSR count). The predicted molar refractivity (Wildman–Crippen MR) is 119 cm³/mol. The van der Waals surface area contributed by atoms with Crippen molar-refractivity contribution >= 4 is 5.91 Å². The van der Waals surface area contributed by atoms with Crippen molar-refractivity contribution in [2.24, 2.45) is 0 Å². The molecule has 32 heavy (non-hydrogen) atoms. The van der Waals surface area contributed by atoms with Gasteiger partial charge in [0, 0.05) is 29.8 Å². The molecule has 0 spiro atoms. The van der Waals surface area contributed by atoms with Crippen molar-refractivity contribution < 1.29 is 9.18 Å². The summed E-state index contributed by atoms with van der Waals surface area (Å²) in [5.74, 6) is 0.215. The highest BCUT2D eigenvalue weighted by molar-refractivity contribution is 5.96. The zero-order chi connectivity index (χ0) is 22.7. The molecular weight excluding hydrogens is 407 g/mol. The van der Waals surface area contributed by atoms with E-state index in [1.54, 1.807) is 35.1 Å². The molecule has 0 bridgehead atoms. The molecule has 2 heterocycles. The van der Waals surface area contributed by atoms with E-state index in [-0.39, 0.29) is 24.2 Å². The number of nitrogens with zero attached hydrogens (tertiary/aromatic N) is 5. The Hall–Kier alpha value is -3.94. The Balaban J connectivity index is 1.71. The predicted octanol–water partition coefficient (Wildman–Crippen LogP) is 4.23. The van der Waals surface area contributed by atoms with Gasteiger partial charge in [-0.15, -0.1) is 5.10 Å². The number of halogens is 1. The Morgan fingerprint density at radius 3 is 2.56 bits per heavy atom. The molecular formula is C24H23FN6O. The molecule has 8 heteroatoms. The van der Waals surface area contributed by atoms with Crippen LogP contribution in [0.3, 0.4) is 0 Å². The lowest BCUT2D eigenvalue weighted by Crippen LogP contribution is -2.23. The van der Waals surface area contributed by atoms with Gasteiger partial charge in [0.2, 0.25) is 0 Å². The third-order valence-corrected chi connectivity index (χ3v) is 5.01. The van der Waals surface area contributed by atoms with E-state index in [4.69, 9.17) is 0 Å². The number of amides is 1. The Morgan fingerprint density at radius 1 is 1.09 bits per heavy atom. The SMILES string of the molecule is Cc1ccc(-c2cc(C(=O)NCc3ccc(F)cc3)cc(-n3nnnc3C(C)C)c2)nc1. The average Bonchev–Trinajstić information content (AvgIpc) is 3.29. The van der Waals surface area contributed by atoms with Crippen LogP contribution in [0.1, 0.15) is 47.1 Å². The number of aromatic nitrogens is 5. The minimum Gasteiger partial charge on any atom is -0.348 e. The fraction of sp³-hybridized carbons (Fsp3) is 0.208. The molecule has 0 atom stereocenters. The van der Waals surface area contributed by atoms with Gasteiger partial charge in [0.05, 0.1) is 11.4 Å². The first-order valence-electron chi connectivity index (χ1n) is 10.3. The standard InChI is InChI=1S/C24H23FN6O/c1-15(2)23-28-29-30-31(23)21-11-18(22-9-4-16(3)13-26-22)10-19(12-21)24(32)27-14-17-5-7-20(25)8-6-17/h4-13,15H,14H2,1-3H3,(H,27,32). The molecule has 2 aromatic heterocycles. The molecule has 0 aliphatic carbocycles. The lowest BCUT2D eigenvalue weighted by molar-refractivity contribution is 0.0951. The Morgan fingerprint density at radius 2 is 1.88 bits per heavy atom. The molecule has 2 aromatic carbocycles. The number of carbonyl (C=O) groups is 1. The van der Waals surface area contributed by atoms with Crippen molar-refractivity contribution in [1.29, 1.82) is 0 Å². The van der Waals surface area contributed by atoms with Gasteiger partial charge in [0.1, 0.15) is 5.82 Å². The number of aryl methyl sites for hydroxylation is 1. The van der Waals surface area contributed by atoms with E-state index in [0.717, 1.165) is 22.4 Å². The maximum atomic E-state index is 13.1. The van der Waals surface area contributed by atoms with Crippen LogP contribution in [-0.2, 0) is 6.54 Å². The number of benzene rings is 2. The second-order valence-electron chi connectivity index (χ2n) is 7.90. The summed E-state index contributed by atoms with van der Waals surface area (Å²) in [4.78, 5) is 17.5. The second-order valence-corrected chi connectivity index (χ2v) is 7.90. The maximum Gasteiger partial charge on any atom is 0.251 e. The molecule has 162 valence electrons. The number of carbonyl (C=O) groups excluding carboxylic acids is 1. The highest BCUT2D eigenvalue weighted by atomic mass is 19.1. The normalized spacial score (nSPS) is 11.0. The van der Waals surface area contributed by atoms with Gasteiger partial charge in [-0.3, -0.25) is 9.78 Å². The van der Waals surface area contributed by atoms with Crippen LogP contribution in [0.2, 0.25) is 0 Å². The Kier molecular flexibility index (Phi) is 6.02. The van der Waals surface area contributed by atoms with Gasteiger partial charge >= 0.3 is 0 Å². The Bertz CT molecular complexity index is 1230. The molecule has 0 saturated heterocycles. The van der Waals surface area contributed by atoms with Crippen molar-refractivity contribution in [1.82, 2.24) is 30.5 Å². The van der Waals surface area contributed by atoms with Gasteiger partial charge in [-0.2, -0.15) is 4.68 Å². The monoisotopic (exact) mass is 430 g/mol. The molecule has 0 unspecified atom stereocenters. The summed E-state index contributed by atoms with van der Waals surface area (Å²) >= 11 is 0. The van der Waals surface area contributed by atoms with E-state index in [1.807, 2.05) is 39.0 Å². The number of rotatable bonds is 6. The van der Waals surface area contributed by atoms with Gasteiger partial charge in [0.15, 0.2) is 5.82 Å². The quantitative estimate of drug-likeness (QED) is 0.495. The number of tetrazole rings is 1. The summed E-state index contributed by atoms with van der Waals surface area (Å²) < 4.78 is 14.8. The number of hydrogen-bond donors (Lipinski definition) is 1. The number of pyridine rings is 1. The van der Waals surface area contributed by atoms with E-state index < -0.39 is 0 Å². The minimum atomic E-state index is -0.314. The third kappa shape index (κ3) is 4.69. The smallest absolute Gasteiger partial charge is 0.251 e. The molecule has 1 N–H and O–H groups in total. The summed E-state index contributed by atoms with van der Waals surface area (Å²) in [6, 6.07) is 15.4.